The molecule has 3 aromatic rings. The lowest BCUT2D eigenvalue weighted by molar-refractivity contribution is -0.0497. The summed E-state index contributed by atoms with van der Waals surface area (Å²) in [6.07, 6.45) is 0. The number of halogens is 2. The summed E-state index contributed by atoms with van der Waals surface area (Å²) in [6.45, 7) is 5.39. The lowest BCUT2D eigenvalue weighted by Gasteiger charge is -2.11. The first kappa shape index (κ1) is 18.8. The Morgan fingerprint density at radius 1 is 1.11 bits per heavy atom. The monoisotopic (exact) mass is 373 g/mol. The fraction of sp³-hybridized carbons (Fsp3) is 0.238. The molecular formula is C21H21F2NO3. The molecule has 6 heteroatoms. The van der Waals surface area contributed by atoms with E-state index < -0.39 is 6.61 Å². The number of fused-ring (bicyclic) bond motifs is 1. The lowest BCUT2D eigenvalue weighted by Crippen LogP contribution is -2.01. The van der Waals surface area contributed by atoms with Crippen LogP contribution in [0.4, 0.5) is 8.78 Å². The van der Waals surface area contributed by atoms with Gasteiger partial charge in [0.2, 0.25) is 0 Å². The summed E-state index contributed by atoms with van der Waals surface area (Å²) >= 11 is 0. The quantitative estimate of drug-likeness (QED) is 0.509. The molecule has 0 saturated heterocycles. The molecule has 0 unspecified atom stereocenters. The van der Waals surface area contributed by atoms with Gasteiger partial charge in [-0.25, -0.2) is 0 Å². The smallest absolute Gasteiger partial charge is 0.387 e. The highest BCUT2D eigenvalue weighted by molar-refractivity contribution is 5.95. The highest BCUT2D eigenvalue weighted by atomic mass is 19.3. The Kier molecular flexibility index (Phi) is 5.35. The highest BCUT2D eigenvalue weighted by Gasteiger charge is 2.19. The second kappa shape index (κ2) is 7.70. The van der Waals surface area contributed by atoms with Crippen molar-refractivity contribution in [1.29, 1.82) is 0 Å². The molecule has 0 aliphatic heterocycles. The number of aromatic nitrogens is 1. The molecular weight excluding hydrogens is 352 g/mol. The van der Waals surface area contributed by atoms with Gasteiger partial charge in [-0.1, -0.05) is 6.58 Å². The van der Waals surface area contributed by atoms with Crippen LogP contribution in [0.25, 0.3) is 22.3 Å². The van der Waals surface area contributed by atoms with Gasteiger partial charge in [0.05, 0.1) is 19.2 Å². The van der Waals surface area contributed by atoms with Crippen LogP contribution in [-0.2, 0) is 4.74 Å². The van der Waals surface area contributed by atoms with Gasteiger partial charge in [0.25, 0.3) is 0 Å². The summed E-state index contributed by atoms with van der Waals surface area (Å²) in [7, 11) is 1.61. The second-order valence-electron chi connectivity index (χ2n) is 5.91. The summed E-state index contributed by atoms with van der Waals surface area (Å²) in [5.41, 5.74) is 3.41. The number of hydrogen-bond acceptors (Lipinski definition) is 3. The van der Waals surface area contributed by atoms with Crippen LogP contribution in [0.5, 0.6) is 11.5 Å². The third-order valence-corrected chi connectivity index (χ3v) is 4.33. The first-order valence-electron chi connectivity index (χ1n) is 8.52. The van der Waals surface area contributed by atoms with Gasteiger partial charge in [-0.2, -0.15) is 8.78 Å². The SMILES string of the molecule is C=C(OCC)c1c(C)n(-c2ccc(OC)cc2)c2ccc(OC(F)F)cc12. The van der Waals surface area contributed by atoms with Crippen molar-refractivity contribution >= 4 is 16.7 Å². The predicted octanol–water partition coefficient (Wildman–Crippen LogP) is 5.56. The maximum Gasteiger partial charge on any atom is 0.387 e. The summed E-state index contributed by atoms with van der Waals surface area (Å²) in [5, 5.41) is 0.736. The van der Waals surface area contributed by atoms with E-state index in [2.05, 4.69) is 11.3 Å². The van der Waals surface area contributed by atoms with Gasteiger partial charge in [-0.15, -0.1) is 0 Å². The Bertz CT molecular complexity index is 962. The molecule has 142 valence electrons. The first-order valence-corrected chi connectivity index (χ1v) is 8.52. The van der Waals surface area contributed by atoms with E-state index in [9.17, 15) is 8.78 Å². The zero-order chi connectivity index (χ0) is 19.6. The maximum atomic E-state index is 12.6. The summed E-state index contributed by atoms with van der Waals surface area (Å²) in [6, 6.07) is 12.5. The molecule has 0 bridgehead atoms. The van der Waals surface area contributed by atoms with Crippen LogP contribution in [-0.4, -0.2) is 24.9 Å². The molecule has 0 N–H and O–H groups in total. The van der Waals surface area contributed by atoms with Gasteiger partial charge < -0.3 is 18.8 Å². The van der Waals surface area contributed by atoms with Gasteiger partial charge in [0.15, 0.2) is 0 Å². The molecule has 27 heavy (non-hydrogen) atoms. The van der Waals surface area contributed by atoms with Crippen LogP contribution < -0.4 is 9.47 Å². The van der Waals surface area contributed by atoms with E-state index in [0.717, 1.165) is 33.6 Å². The predicted molar refractivity (Wildman–Crippen MR) is 102 cm³/mol. The molecule has 0 atom stereocenters. The summed E-state index contributed by atoms with van der Waals surface area (Å²) < 4.78 is 42.7. The van der Waals surface area contributed by atoms with Crippen molar-refractivity contribution in [3.05, 3.63) is 60.3 Å². The van der Waals surface area contributed by atoms with Crippen LogP contribution in [0.3, 0.4) is 0 Å². The third-order valence-electron chi connectivity index (χ3n) is 4.33. The van der Waals surface area contributed by atoms with E-state index in [4.69, 9.17) is 9.47 Å². The molecule has 1 heterocycles. The Balaban J connectivity index is 2.23. The first-order chi connectivity index (χ1) is 13.0. The minimum absolute atomic E-state index is 0.0925. The minimum Gasteiger partial charge on any atom is -0.497 e. The summed E-state index contributed by atoms with van der Waals surface area (Å²) in [5.74, 6) is 1.33. The van der Waals surface area contributed by atoms with Crippen LogP contribution in [0.2, 0.25) is 0 Å². The number of methoxy groups -OCH3 is 1. The van der Waals surface area contributed by atoms with Crippen LogP contribution in [0.15, 0.2) is 49.0 Å². The fourth-order valence-electron chi connectivity index (χ4n) is 3.24. The Morgan fingerprint density at radius 3 is 2.37 bits per heavy atom. The second-order valence-corrected chi connectivity index (χ2v) is 5.91. The molecule has 0 amide bonds. The van der Waals surface area contributed by atoms with Crippen LogP contribution in [0.1, 0.15) is 18.2 Å². The number of nitrogens with zero attached hydrogens (tertiary/aromatic N) is 1. The number of hydrogen-bond donors (Lipinski definition) is 0. The van der Waals surface area contributed by atoms with Gasteiger partial charge >= 0.3 is 6.61 Å². The zero-order valence-corrected chi connectivity index (χ0v) is 15.5. The maximum absolute atomic E-state index is 12.6. The molecule has 4 nitrogen and oxygen atoms in total. The zero-order valence-electron chi connectivity index (χ0n) is 15.5. The van der Waals surface area contributed by atoms with Crippen molar-refractivity contribution in [2.75, 3.05) is 13.7 Å². The Hall–Kier alpha value is -3.02. The molecule has 0 aliphatic carbocycles. The van der Waals surface area contributed by atoms with E-state index in [1.807, 2.05) is 42.7 Å². The Labute approximate surface area is 156 Å². The average molecular weight is 373 g/mol. The Morgan fingerprint density at radius 2 is 1.78 bits per heavy atom. The molecule has 2 aromatic carbocycles. The topological polar surface area (TPSA) is 32.6 Å². The fourth-order valence-corrected chi connectivity index (χ4v) is 3.24. The molecule has 1 aromatic heterocycles. The number of benzene rings is 2. The van der Waals surface area contributed by atoms with E-state index >= 15 is 0 Å². The third kappa shape index (κ3) is 3.60. The number of alkyl halides is 2. The van der Waals surface area contributed by atoms with Crippen molar-refractivity contribution < 1.29 is 23.0 Å². The van der Waals surface area contributed by atoms with Gasteiger partial charge in [-0.05, 0) is 56.3 Å². The van der Waals surface area contributed by atoms with Gasteiger partial charge in [0, 0.05) is 22.3 Å². The molecule has 0 radical (unpaired) electrons. The van der Waals surface area contributed by atoms with Gasteiger partial charge in [0.1, 0.15) is 17.3 Å². The van der Waals surface area contributed by atoms with Crippen molar-refractivity contribution in [2.24, 2.45) is 0 Å². The van der Waals surface area contributed by atoms with E-state index in [1.165, 1.54) is 6.07 Å². The molecule has 0 aliphatic rings. The lowest BCUT2D eigenvalue weighted by atomic mass is 10.1. The number of ether oxygens (including phenoxy) is 3. The van der Waals surface area contributed by atoms with Crippen molar-refractivity contribution in [3.63, 3.8) is 0 Å². The minimum atomic E-state index is -2.88. The molecule has 0 spiro atoms. The van der Waals surface area contributed by atoms with E-state index in [1.54, 1.807) is 19.2 Å². The van der Waals surface area contributed by atoms with Crippen LogP contribution >= 0.6 is 0 Å². The molecule has 3 rings (SSSR count). The van der Waals surface area contributed by atoms with E-state index in [0.29, 0.717) is 12.4 Å². The van der Waals surface area contributed by atoms with Gasteiger partial charge in [-0.3, -0.25) is 0 Å². The largest absolute Gasteiger partial charge is 0.497 e. The highest BCUT2D eigenvalue weighted by Crippen LogP contribution is 2.36. The normalized spacial score (nSPS) is 11.0. The molecule has 0 fully saturated rings. The average Bonchev–Trinajstić information content (AvgIpc) is 2.92. The van der Waals surface area contributed by atoms with Crippen molar-refractivity contribution in [3.8, 4) is 17.2 Å². The van der Waals surface area contributed by atoms with Crippen molar-refractivity contribution in [2.45, 2.75) is 20.5 Å². The van der Waals surface area contributed by atoms with Crippen molar-refractivity contribution in [1.82, 2.24) is 4.57 Å². The van der Waals surface area contributed by atoms with E-state index in [-0.39, 0.29) is 5.75 Å². The standard InChI is InChI=1S/C21H21F2NO3/c1-5-26-14(3)20-13(2)24(15-6-8-16(25-4)9-7-15)19-11-10-17(12-18(19)20)27-21(22)23/h6-12,21H,3,5H2,1-2,4H3. The summed E-state index contributed by atoms with van der Waals surface area (Å²) in [4.78, 5) is 0. The number of rotatable bonds is 7. The molecule has 0 saturated carbocycles. The van der Waals surface area contributed by atoms with Crippen LogP contribution in [0, 0.1) is 6.92 Å².